The van der Waals surface area contributed by atoms with Gasteiger partial charge in [-0.15, -0.1) is 0 Å². The fourth-order valence-electron chi connectivity index (χ4n) is 1.68. The summed E-state index contributed by atoms with van der Waals surface area (Å²) in [6.45, 7) is 0. The Hall–Kier alpha value is -2.26. The molecule has 21 heavy (non-hydrogen) atoms. The van der Waals surface area contributed by atoms with Crippen LogP contribution in [0.15, 0.2) is 34.8 Å². The van der Waals surface area contributed by atoms with E-state index in [2.05, 4.69) is 26.7 Å². The van der Waals surface area contributed by atoms with Gasteiger partial charge in [0.05, 0.1) is 10.6 Å². The van der Waals surface area contributed by atoms with Crippen molar-refractivity contribution in [1.29, 1.82) is 0 Å². The Morgan fingerprint density at radius 1 is 1.10 bits per heavy atom. The van der Waals surface area contributed by atoms with Gasteiger partial charge in [-0.2, -0.15) is 0 Å². The van der Waals surface area contributed by atoms with Crippen molar-refractivity contribution in [3.63, 3.8) is 0 Å². The fraction of sp³-hybridized carbons (Fsp3) is 0. The molecule has 2 aromatic rings. The normalized spacial score (nSPS) is 10.3. The van der Waals surface area contributed by atoms with Crippen molar-refractivity contribution in [3.05, 3.63) is 56.6 Å². The highest BCUT2D eigenvalue weighted by Crippen LogP contribution is 2.30. The fourth-order valence-corrected chi connectivity index (χ4v) is 2.08. The van der Waals surface area contributed by atoms with Gasteiger partial charge in [-0.1, -0.05) is 15.9 Å². The van der Waals surface area contributed by atoms with E-state index in [1.807, 2.05) is 0 Å². The molecule has 0 saturated heterocycles. The van der Waals surface area contributed by atoms with Crippen molar-refractivity contribution in [1.82, 2.24) is 0 Å². The second-order valence-corrected chi connectivity index (χ2v) is 4.96. The Morgan fingerprint density at radius 2 is 1.67 bits per heavy atom. The number of nitrogens with zero attached hydrogens (tertiary/aromatic N) is 1. The maximum atomic E-state index is 13.7. The highest BCUT2D eigenvalue weighted by Gasteiger charge is 2.14. The minimum atomic E-state index is -0.837. The zero-order valence-electron chi connectivity index (χ0n) is 10.4. The van der Waals surface area contributed by atoms with E-state index in [4.69, 9.17) is 5.84 Å². The molecule has 0 amide bonds. The molecule has 0 aliphatic carbocycles. The summed E-state index contributed by atoms with van der Waals surface area (Å²) in [4.78, 5) is 10.2. The van der Waals surface area contributed by atoms with E-state index in [1.165, 1.54) is 12.1 Å². The smallest absolute Gasteiger partial charge is 0.273 e. The maximum absolute atomic E-state index is 13.7. The van der Waals surface area contributed by atoms with Gasteiger partial charge in [-0.05, 0) is 18.2 Å². The summed E-state index contributed by atoms with van der Waals surface area (Å²) in [6.07, 6.45) is 0. The Labute approximate surface area is 126 Å². The van der Waals surface area contributed by atoms with Crippen molar-refractivity contribution in [2.24, 2.45) is 5.84 Å². The second-order valence-electron chi connectivity index (χ2n) is 4.04. The summed E-state index contributed by atoms with van der Waals surface area (Å²) in [6, 6.07) is 5.87. The number of benzene rings is 2. The molecular formula is C12H9BrF2N4O2. The zero-order chi connectivity index (χ0) is 15.6. The van der Waals surface area contributed by atoms with Gasteiger partial charge in [0.25, 0.3) is 5.69 Å². The van der Waals surface area contributed by atoms with Crippen LogP contribution >= 0.6 is 15.9 Å². The number of nitrogen functional groups attached to an aromatic ring is 1. The topological polar surface area (TPSA) is 93.2 Å². The number of hydrogen-bond donors (Lipinski definition) is 3. The molecule has 0 aliphatic heterocycles. The first-order valence-electron chi connectivity index (χ1n) is 5.58. The second kappa shape index (κ2) is 6.02. The van der Waals surface area contributed by atoms with Crippen LogP contribution in [-0.4, -0.2) is 4.92 Å². The highest BCUT2D eigenvalue weighted by atomic mass is 79.9. The van der Waals surface area contributed by atoms with Gasteiger partial charge in [0.1, 0.15) is 5.69 Å². The minimum absolute atomic E-state index is 0.122. The molecular weight excluding hydrogens is 350 g/mol. The predicted molar refractivity (Wildman–Crippen MR) is 78.2 cm³/mol. The molecule has 6 nitrogen and oxygen atoms in total. The van der Waals surface area contributed by atoms with Gasteiger partial charge < -0.3 is 10.7 Å². The zero-order valence-corrected chi connectivity index (χ0v) is 11.9. The molecule has 0 bridgehead atoms. The van der Waals surface area contributed by atoms with E-state index < -0.39 is 22.2 Å². The van der Waals surface area contributed by atoms with Crippen LogP contribution in [0.2, 0.25) is 0 Å². The number of rotatable bonds is 4. The van der Waals surface area contributed by atoms with E-state index >= 15 is 0 Å². The molecule has 0 heterocycles. The van der Waals surface area contributed by atoms with E-state index in [1.54, 1.807) is 0 Å². The van der Waals surface area contributed by atoms with E-state index in [-0.39, 0.29) is 21.5 Å². The summed E-state index contributed by atoms with van der Waals surface area (Å²) in [5.74, 6) is 3.53. The van der Waals surface area contributed by atoms with E-state index in [0.29, 0.717) is 0 Å². The summed E-state index contributed by atoms with van der Waals surface area (Å²) in [7, 11) is 0. The molecule has 0 saturated carbocycles. The molecule has 9 heteroatoms. The van der Waals surface area contributed by atoms with Crippen LogP contribution in [0, 0.1) is 21.7 Å². The van der Waals surface area contributed by atoms with Crippen molar-refractivity contribution in [2.45, 2.75) is 0 Å². The van der Waals surface area contributed by atoms with E-state index in [0.717, 1.165) is 18.2 Å². The molecule has 0 radical (unpaired) electrons. The van der Waals surface area contributed by atoms with Crippen molar-refractivity contribution < 1.29 is 13.7 Å². The lowest BCUT2D eigenvalue weighted by Gasteiger charge is -2.10. The number of nitro groups is 1. The summed E-state index contributed by atoms with van der Waals surface area (Å²) in [5.41, 5.74) is 1.91. The van der Waals surface area contributed by atoms with Crippen LogP contribution in [0.4, 0.5) is 31.5 Å². The number of nitrogens with one attached hydrogen (secondary N) is 2. The SMILES string of the molecule is NNc1cc(Nc2c(F)cc(Br)cc2F)cc([N+](=O)[O-])c1. The van der Waals surface area contributed by atoms with Crippen LogP contribution < -0.4 is 16.6 Å². The number of nitro benzene ring substituents is 1. The number of non-ortho nitro benzene ring substituents is 1. The lowest BCUT2D eigenvalue weighted by Crippen LogP contribution is -2.08. The Bertz CT molecular complexity index is 689. The van der Waals surface area contributed by atoms with Crippen LogP contribution in [0.5, 0.6) is 0 Å². The predicted octanol–water partition coefficient (Wildman–Crippen LogP) is 3.66. The Morgan fingerprint density at radius 3 is 2.19 bits per heavy atom. The largest absolute Gasteiger partial charge is 0.350 e. The summed E-state index contributed by atoms with van der Waals surface area (Å²) >= 11 is 2.96. The van der Waals surface area contributed by atoms with Gasteiger partial charge in [0.15, 0.2) is 11.6 Å². The number of hydrazine groups is 1. The minimum Gasteiger partial charge on any atom is -0.350 e. The molecule has 0 atom stereocenters. The monoisotopic (exact) mass is 358 g/mol. The van der Waals surface area contributed by atoms with Crippen molar-refractivity contribution in [3.8, 4) is 0 Å². The first-order valence-corrected chi connectivity index (χ1v) is 6.37. The number of hydrogen-bond acceptors (Lipinski definition) is 5. The Balaban J connectivity index is 2.44. The maximum Gasteiger partial charge on any atom is 0.273 e. The molecule has 0 aromatic heterocycles. The molecule has 0 spiro atoms. The van der Waals surface area contributed by atoms with Gasteiger partial charge >= 0.3 is 0 Å². The summed E-state index contributed by atoms with van der Waals surface area (Å²) < 4.78 is 27.7. The third kappa shape index (κ3) is 3.44. The summed E-state index contributed by atoms with van der Waals surface area (Å²) in [5, 5.41) is 13.3. The van der Waals surface area contributed by atoms with Gasteiger partial charge in [0.2, 0.25) is 0 Å². The first kappa shape index (κ1) is 15.1. The van der Waals surface area contributed by atoms with Crippen LogP contribution in [0.25, 0.3) is 0 Å². The Kier molecular flexibility index (Phi) is 4.34. The third-order valence-corrected chi connectivity index (χ3v) is 3.03. The average molecular weight is 359 g/mol. The number of halogens is 3. The van der Waals surface area contributed by atoms with Gasteiger partial charge in [-0.3, -0.25) is 16.0 Å². The molecule has 4 N–H and O–H groups in total. The lowest BCUT2D eigenvalue weighted by atomic mass is 10.2. The standard InChI is InChI=1S/C12H9BrF2N4O2/c13-6-1-10(14)12(11(15)2-6)17-7-3-8(18-16)5-9(4-7)19(20)21/h1-5,17-18H,16H2. The first-order chi connectivity index (χ1) is 9.90. The lowest BCUT2D eigenvalue weighted by molar-refractivity contribution is -0.384. The molecule has 0 fully saturated rings. The van der Waals surface area contributed by atoms with Crippen LogP contribution in [0.3, 0.4) is 0 Å². The molecule has 0 unspecified atom stereocenters. The molecule has 2 aromatic carbocycles. The molecule has 0 aliphatic rings. The quantitative estimate of drug-likeness (QED) is 0.440. The van der Waals surface area contributed by atoms with Gasteiger partial charge in [0, 0.05) is 22.3 Å². The molecule has 2 rings (SSSR count). The number of nitrogens with two attached hydrogens (primary N) is 1. The third-order valence-electron chi connectivity index (χ3n) is 2.57. The van der Waals surface area contributed by atoms with Crippen molar-refractivity contribution in [2.75, 3.05) is 10.7 Å². The van der Waals surface area contributed by atoms with E-state index in [9.17, 15) is 18.9 Å². The van der Waals surface area contributed by atoms with Crippen molar-refractivity contribution >= 4 is 38.7 Å². The average Bonchev–Trinajstić information content (AvgIpc) is 2.42. The van der Waals surface area contributed by atoms with Gasteiger partial charge in [-0.25, -0.2) is 8.78 Å². The molecule has 110 valence electrons. The van der Waals surface area contributed by atoms with Crippen LogP contribution in [-0.2, 0) is 0 Å². The highest BCUT2D eigenvalue weighted by molar-refractivity contribution is 9.10. The van der Waals surface area contributed by atoms with Crippen LogP contribution in [0.1, 0.15) is 0 Å². The number of anilines is 3.